The van der Waals surface area contributed by atoms with E-state index >= 15 is 0 Å². The molecule has 0 saturated carbocycles. The highest BCUT2D eigenvalue weighted by atomic mass is 35.5. The van der Waals surface area contributed by atoms with Crippen LogP contribution in [0.4, 0.5) is 29.2 Å². The summed E-state index contributed by atoms with van der Waals surface area (Å²) in [5.74, 6) is 0.148. The minimum absolute atomic E-state index is 0.0186. The molecule has 1 unspecified atom stereocenters. The molecule has 1 aromatic carbocycles. The van der Waals surface area contributed by atoms with Gasteiger partial charge in [-0.1, -0.05) is 0 Å². The summed E-state index contributed by atoms with van der Waals surface area (Å²) < 4.78 is 61.2. The van der Waals surface area contributed by atoms with E-state index < -0.39 is 17.6 Å². The van der Waals surface area contributed by atoms with E-state index in [-0.39, 0.29) is 23.8 Å². The molecule has 40 heavy (non-hydrogen) atoms. The lowest BCUT2D eigenvalue weighted by molar-refractivity contribution is -0.137. The fraction of sp³-hybridized carbons (Fsp3) is 0.464. The van der Waals surface area contributed by atoms with E-state index in [1.165, 1.54) is 18.3 Å². The van der Waals surface area contributed by atoms with Gasteiger partial charge in [-0.2, -0.15) is 23.1 Å². The molecule has 0 amide bonds. The number of benzene rings is 1. The first-order chi connectivity index (χ1) is 19.2. The number of rotatable bonds is 6. The smallest absolute Gasteiger partial charge is 0.419 e. The average Bonchev–Trinajstić information content (AvgIpc) is 3.16. The van der Waals surface area contributed by atoms with Crippen LogP contribution in [0.15, 0.2) is 42.6 Å². The summed E-state index contributed by atoms with van der Waals surface area (Å²) in [5, 5.41) is 0. The van der Waals surface area contributed by atoms with E-state index in [1.54, 1.807) is 23.1 Å². The summed E-state index contributed by atoms with van der Waals surface area (Å²) in [6.07, 6.45) is -0.185. The summed E-state index contributed by atoms with van der Waals surface area (Å²) in [6.45, 7) is 3.25. The molecule has 2 saturated heterocycles. The molecule has 0 N–H and O–H groups in total. The van der Waals surface area contributed by atoms with E-state index in [2.05, 4.69) is 21.9 Å². The molecular formula is C28H31ClF4N6O. The zero-order valence-corrected chi connectivity index (χ0v) is 22.9. The molecule has 1 atom stereocenters. The van der Waals surface area contributed by atoms with Crippen molar-refractivity contribution in [3.63, 3.8) is 0 Å². The summed E-state index contributed by atoms with van der Waals surface area (Å²) in [4.78, 5) is 19.3. The highest BCUT2D eigenvalue weighted by Gasteiger charge is 2.36. The minimum Gasteiger partial charge on any atom is -0.459 e. The number of ether oxygens (including phenoxy) is 1. The Bertz CT molecular complexity index is 1320. The number of alkyl halides is 4. The van der Waals surface area contributed by atoms with Gasteiger partial charge < -0.3 is 19.4 Å². The zero-order valence-electron chi connectivity index (χ0n) is 22.2. The Hall–Kier alpha value is -3.18. The van der Waals surface area contributed by atoms with Crippen LogP contribution in [0.1, 0.15) is 30.4 Å². The predicted octanol–water partition coefficient (Wildman–Crippen LogP) is 5.63. The second-order valence-electron chi connectivity index (χ2n) is 10.2. The van der Waals surface area contributed by atoms with Crippen LogP contribution in [0.5, 0.6) is 6.01 Å². The van der Waals surface area contributed by atoms with Crippen molar-refractivity contribution in [2.45, 2.75) is 37.4 Å². The number of likely N-dealkylation sites (N-methyl/N-ethyl adjacent to an activating group) is 1. The number of nitrogens with zero attached hydrogens (tertiary/aromatic N) is 6. The van der Waals surface area contributed by atoms with Crippen LogP contribution in [0, 0.1) is 5.82 Å². The standard InChI is InChI=1S/C28H31ClF4N6O/c1-37-10-3-2-5-21(18-37)40-27-35-24(19-7-8-23(30)20(15-19)17-29)16-25(36-27)38-11-13-39(14-12-38)26-22(28(31,32)33)6-4-9-34-26/h4,6-9,15-16,21H,2-3,5,10-14,17-18H2,1H3. The van der Waals surface area contributed by atoms with Gasteiger partial charge in [0.15, 0.2) is 0 Å². The molecule has 2 aliphatic rings. The van der Waals surface area contributed by atoms with Crippen LogP contribution in [0.2, 0.25) is 0 Å². The van der Waals surface area contributed by atoms with Crippen LogP contribution < -0.4 is 14.5 Å². The van der Waals surface area contributed by atoms with Crippen LogP contribution in [-0.4, -0.2) is 72.3 Å². The maximum Gasteiger partial charge on any atom is 0.419 e. The number of likely N-dealkylation sites (tertiary alicyclic amines) is 1. The van der Waals surface area contributed by atoms with Gasteiger partial charge in [0.25, 0.3) is 0 Å². The van der Waals surface area contributed by atoms with E-state index in [0.717, 1.165) is 38.4 Å². The number of anilines is 2. The van der Waals surface area contributed by atoms with Crippen molar-refractivity contribution in [3.05, 3.63) is 59.5 Å². The number of hydrogen-bond donors (Lipinski definition) is 0. The summed E-state index contributed by atoms with van der Waals surface area (Å²) in [7, 11) is 2.06. The lowest BCUT2D eigenvalue weighted by Gasteiger charge is -2.37. The summed E-state index contributed by atoms with van der Waals surface area (Å²) in [5.41, 5.74) is 0.838. The predicted molar refractivity (Wildman–Crippen MR) is 146 cm³/mol. The number of halogens is 5. The maximum atomic E-state index is 14.2. The van der Waals surface area contributed by atoms with Gasteiger partial charge in [-0.05, 0) is 63.2 Å². The molecule has 0 aliphatic carbocycles. The maximum absolute atomic E-state index is 14.2. The summed E-state index contributed by atoms with van der Waals surface area (Å²) >= 11 is 5.95. The van der Waals surface area contributed by atoms with Crippen molar-refractivity contribution in [1.82, 2.24) is 19.9 Å². The Kier molecular flexibility index (Phi) is 8.60. The molecule has 2 aromatic heterocycles. The van der Waals surface area contributed by atoms with Gasteiger partial charge in [-0.3, -0.25) is 0 Å². The molecule has 4 heterocycles. The molecule has 2 aliphatic heterocycles. The molecule has 0 radical (unpaired) electrons. The number of hydrogen-bond acceptors (Lipinski definition) is 7. The topological polar surface area (TPSA) is 57.6 Å². The molecule has 5 rings (SSSR count). The second kappa shape index (κ2) is 12.1. The Balaban J connectivity index is 1.42. The lowest BCUT2D eigenvalue weighted by atomic mass is 10.1. The van der Waals surface area contributed by atoms with E-state index in [4.69, 9.17) is 21.3 Å². The van der Waals surface area contributed by atoms with Crippen LogP contribution in [-0.2, 0) is 12.1 Å². The van der Waals surface area contributed by atoms with Gasteiger partial charge in [0.1, 0.15) is 23.6 Å². The van der Waals surface area contributed by atoms with Crippen molar-refractivity contribution in [2.24, 2.45) is 0 Å². The van der Waals surface area contributed by atoms with Crippen LogP contribution in [0.3, 0.4) is 0 Å². The Labute approximate surface area is 235 Å². The van der Waals surface area contributed by atoms with Crippen LogP contribution >= 0.6 is 11.6 Å². The SMILES string of the molecule is CN1CCCCC(Oc2nc(-c3ccc(F)c(CCl)c3)cc(N3CCN(c4ncccc4C(F)(F)F)CC3)n2)C1. The van der Waals surface area contributed by atoms with E-state index in [0.29, 0.717) is 48.8 Å². The lowest BCUT2D eigenvalue weighted by Crippen LogP contribution is -2.47. The third kappa shape index (κ3) is 6.58. The fourth-order valence-electron chi connectivity index (χ4n) is 5.16. The highest BCUT2D eigenvalue weighted by molar-refractivity contribution is 6.17. The van der Waals surface area contributed by atoms with Gasteiger partial charge in [-0.15, -0.1) is 11.6 Å². The van der Waals surface area contributed by atoms with Crippen molar-refractivity contribution < 1.29 is 22.3 Å². The quantitative estimate of drug-likeness (QED) is 0.278. The molecule has 0 bridgehead atoms. The number of aromatic nitrogens is 3. The normalized spacial score (nSPS) is 19.0. The molecular weight excluding hydrogens is 548 g/mol. The van der Waals surface area contributed by atoms with Gasteiger partial charge in [0.05, 0.1) is 17.1 Å². The first-order valence-corrected chi connectivity index (χ1v) is 13.9. The molecule has 214 valence electrons. The zero-order chi connectivity index (χ0) is 28.3. The third-order valence-electron chi connectivity index (χ3n) is 7.28. The Morgan fingerprint density at radius 2 is 1.77 bits per heavy atom. The number of pyridine rings is 1. The molecule has 0 spiro atoms. The second-order valence-corrected chi connectivity index (χ2v) is 10.4. The third-order valence-corrected chi connectivity index (χ3v) is 7.56. The first-order valence-electron chi connectivity index (χ1n) is 13.3. The van der Waals surface area contributed by atoms with E-state index in [9.17, 15) is 17.6 Å². The monoisotopic (exact) mass is 578 g/mol. The summed E-state index contributed by atoms with van der Waals surface area (Å²) in [6, 6.07) is 9.03. The average molecular weight is 579 g/mol. The first kappa shape index (κ1) is 28.4. The van der Waals surface area contributed by atoms with Crippen molar-refractivity contribution in [1.29, 1.82) is 0 Å². The Morgan fingerprint density at radius 1 is 1.00 bits per heavy atom. The molecule has 12 heteroatoms. The largest absolute Gasteiger partial charge is 0.459 e. The van der Waals surface area contributed by atoms with Crippen molar-refractivity contribution in [2.75, 3.05) is 56.1 Å². The Morgan fingerprint density at radius 3 is 2.52 bits per heavy atom. The minimum atomic E-state index is -4.49. The van der Waals surface area contributed by atoms with Crippen molar-refractivity contribution >= 4 is 23.2 Å². The molecule has 3 aromatic rings. The van der Waals surface area contributed by atoms with Crippen LogP contribution in [0.25, 0.3) is 11.3 Å². The van der Waals surface area contributed by atoms with Gasteiger partial charge in [-0.25, -0.2) is 9.37 Å². The molecule has 2 fully saturated rings. The van der Waals surface area contributed by atoms with Gasteiger partial charge in [0.2, 0.25) is 0 Å². The van der Waals surface area contributed by atoms with Gasteiger partial charge >= 0.3 is 12.2 Å². The van der Waals surface area contributed by atoms with Crippen molar-refractivity contribution in [3.8, 4) is 17.3 Å². The highest BCUT2D eigenvalue weighted by Crippen LogP contribution is 2.36. The molecule has 7 nitrogen and oxygen atoms in total. The number of piperazine rings is 1. The van der Waals surface area contributed by atoms with E-state index in [1.807, 2.05) is 4.90 Å². The van der Waals surface area contributed by atoms with Gasteiger partial charge in [0, 0.05) is 56.1 Å². The fourth-order valence-corrected chi connectivity index (χ4v) is 5.36.